The van der Waals surface area contributed by atoms with Crippen LogP contribution in [0.2, 0.25) is 0 Å². The molecule has 1 heterocycles. The van der Waals surface area contributed by atoms with Crippen LogP contribution in [0.4, 0.5) is 0 Å². The second-order valence-corrected chi connectivity index (χ2v) is 14.9. The largest absolute Gasteiger partial charge is 0.396 e. The lowest BCUT2D eigenvalue weighted by Crippen LogP contribution is -2.60. The van der Waals surface area contributed by atoms with Gasteiger partial charge in [-0.2, -0.15) is 0 Å². The van der Waals surface area contributed by atoms with Gasteiger partial charge in [-0.15, -0.1) is 0 Å². The van der Waals surface area contributed by atoms with E-state index in [1.54, 1.807) is 5.57 Å². The van der Waals surface area contributed by atoms with E-state index in [1.165, 1.54) is 49.7 Å². The van der Waals surface area contributed by atoms with Crippen LogP contribution in [0.25, 0.3) is 0 Å². The quantitative estimate of drug-likeness (QED) is 0.379. The molecule has 6 aliphatic carbocycles. The third-order valence-electron chi connectivity index (χ3n) is 13.2. The van der Waals surface area contributed by atoms with E-state index in [0.717, 1.165) is 12.8 Å². The fourth-order valence-electron chi connectivity index (χ4n) is 12.0. The van der Waals surface area contributed by atoms with Crippen LogP contribution in [0.5, 0.6) is 0 Å². The van der Waals surface area contributed by atoms with Crippen LogP contribution in [0.3, 0.4) is 0 Å². The molecule has 4 saturated carbocycles. The Labute approximate surface area is 223 Å². The minimum Gasteiger partial charge on any atom is -0.396 e. The smallest absolute Gasteiger partial charge is 0.0462 e. The van der Waals surface area contributed by atoms with Crippen LogP contribution < -0.4 is 0 Å². The zero-order valence-electron chi connectivity index (χ0n) is 23.2. The fourth-order valence-corrected chi connectivity index (χ4v) is 12.0. The average Bonchev–Trinajstić information content (AvgIpc) is 3.27. The summed E-state index contributed by atoms with van der Waals surface area (Å²) in [5.74, 6) is 3.91. The van der Waals surface area contributed by atoms with Crippen molar-refractivity contribution in [3.63, 3.8) is 0 Å². The Morgan fingerprint density at radius 1 is 1.14 bits per heavy atom. The van der Waals surface area contributed by atoms with Crippen molar-refractivity contribution in [2.24, 2.45) is 63.1 Å². The molecule has 1 aromatic rings. The molecular weight excluding hydrogens is 454 g/mol. The highest BCUT2D eigenvalue weighted by Gasteiger charge is 2.83. The van der Waals surface area contributed by atoms with Crippen molar-refractivity contribution in [3.05, 3.63) is 60.0 Å². The summed E-state index contributed by atoms with van der Waals surface area (Å²) >= 11 is 0. The molecule has 3 heteroatoms. The highest BCUT2D eigenvalue weighted by Crippen LogP contribution is 2.89. The first-order chi connectivity index (χ1) is 17.7. The van der Waals surface area contributed by atoms with E-state index < -0.39 is 0 Å². The second-order valence-electron chi connectivity index (χ2n) is 14.9. The number of H-pyrrole nitrogens is 1. The number of hydrogen-bond donors (Lipinski definition) is 3. The fraction of sp³-hybridized carbons (Fsp3) is 0.706. The summed E-state index contributed by atoms with van der Waals surface area (Å²) < 4.78 is 0. The van der Waals surface area contributed by atoms with Gasteiger partial charge in [0.25, 0.3) is 0 Å². The van der Waals surface area contributed by atoms with Gasteiger partial charge in [0.2, 0.25) is 0 Å². The number of fused-ring (bicyclic) bond motifs is 1. The highest BCUT2D eigenvalue weighted by molar-refractivity contribution is 5.56. The molecule has 6 aliphatic rings. The van der Waals surface area contributed by atoms with Gasteiger partial charge in [0.05, 0.1) is 0 Å². The first kappa shape index (κ1) is 24.5. The molecule has 10 unspecified atom stereocenters. The minimum absolute atomic E-state index is 0.162. The van der Waals surface area contributed by atoms with Gasteiger partial charge in [0.1, 0.15) is 0 Å². The summed E-state index contributed by atoms with van der Waals surface area (Å²) in [4.78, 5) is 3.18. The van der Waals surface area contributed by atoms with E-state index in [9.17, 15) is 10.2 Å². The van der Waals surface area contributed by atoms with Gasteiger partial charge < -0.3 is 15.2 Å². The summed E-state index contributed by atoms with van der Waals surface area (Å²) in [6, 6.07) is 2.15. The summed E-state index contributed by atoms with van der Waals surface area (Å²) in [5, 5.41) is 20.8. The van der Waals surface area contributed by atoms with Crippen LogP contribution in [-0.4, -0.2) is 28.4 Å². The first-order valence-corrected chi connectivity index (χ1v) is 15.2. The van der Waals surface area contributed by atoms with Crippen molar-refractivity contribution in [2.45, 2.75) is 72.1 Å². The van der Waals surface area contributed by atoms with E-state index in [1.807, 2.05) is 6.20 Å². The van der Waals surface area contributed by atoms with Crippen molar-refractivity contribution in [1.82, 2.24) is 4.98 Å². The lowest BCUT2D eigenvalue weighted by Gasteiger charge is -2.66. The molecule has 37 heavy (non-hydrogen) atoms. The molecule has 0 saturated heterocycles. The maximum atomic E-state index is 10.6. The molecule has 0 radical (unpaired) electrons. The van der Waals surface area contributed by atoms with E-state index >= 15 is 0 Å². The zero-order chi connectivity index (χ0) is 25.8. The Morgan fingerprint density at radius 3 is 2.70 bits per heavy atom. The predicted molar refractivity (Wildman–Crippen MR) is 149 cm³/mol. The average molecular weight is 502 g/mol. The number of aliphatic hydroxyl groups is 2. The molecule has 7 rings (SSSR count). The monoisotopic (exact) mass is 501 g/mol. The molecule has 0 bridgehead atoms. The SMILES string of the molecule is C=C1C=C2C3(CCC(CC(CO)Cc4cc[nH]c4)C3)CC3C(CO)CCC4C=CC5(C1C5(C)C)C2(C)C43. The molecule has 0 amide bonds. The maximum Gasteiger partial charge on any atom is 0.0462 e. The summed E-state index contributed by atoms with van der Waals surface area (Å²) in [6.07, 6.45) is 21.5. The van der Waals surface area contributed by atoms with Crippen molar-refractivity contribution in [2.75, 3.05) is 13.2 Å². The number of allylic oxidation sites excluding steroid dienone is 5. The molecular formula is C34H47NO2. The summed E-state index contributed by atoms with van der Waals surface area (Å²) in [6.45, 7) is 13.0. The maximum absolute atomic E-state index is 10.6. The van der Waals surface area contributed by atoms with Crippen LogP contribution in [-0.2, 0) is 6.42 Å². The normalized spacial score (nSPS) is 47.4. The zero-order valence-corrected chi connectivity index (χ0v) is 23.2. The third-order valence-corrected chi connectivity index (χ3v) is 13.2. The van der Waals surface area contributed by atoms with Gasteiger partial charge in [-0.05, 0) is 115 Å². The first-order valence-electron chi connectivity index (χ1n) is 15.2. The lowest BCUT2D eigenvalue weighted by molar-refractivity contribution is -0.0966. The number of nitrogens with one attached hydrogen (secondary N) is 1. The van der Waals surface area contributed by atoms with Crippen LogP contribution >= 0.6 is 0 Å². The number of aromatic nitrogens is 1. The molecule has 200 valence electrons. The van der Waals surface area contributed by atoms with Crippen molar-refractivity contribution >= 4 is 0 Å². The Balaban J connectivity index is 1.27. The highest BCUT2D eigenvalue weighted by atomic mass is 16.3. The van der Waals surface area contributed by atoms with Gasteiger partial charge in [-0.3, -0.25) is 0 Å². The van der Waals surface area contributed by atoms with E-state index in [0.29, 0.717) is 48.0 Å². The van der Waals surface area contributed by atoms with Gasteiger partial charge in [-0.1, -0.05) is 56.7 Å². The van der Waals surface area contributed by atoms with Gasteiger partial charge in [0.15, 0.2) is 0 Å². The lowest BCUT2D eigenvalue weighted by atomic mass is 9.37. The van der Waals surface area contributed by atoms with E-state index in [2.05, 4.69) is 56.2 Å². The van der Waals surface area contributed by atoms with E-state index in [4.69, 9.17) is 6.58 Å². The Morgan fingerprint density at radius 2 is 1.97 bits per heavy atom. The molecule has 10 atom stereocenters. The summed E-state index contributed by atoms with van der Waals surface area (Å²) in [5.41, 5.74) is 5.24. The molecule has 3 N–H and O–H groups in total. The van der Waals surface area contributed by atoms with Crippen LogP contribution in [0.1, 0.15) is 71.3 Å². The van der Waals surface area contributed by atoms with Gasteiger partial charge in [-0.25, -0.2) is 0 Å². The number of aromatic amines is 1. The topological polar surface area (TPSA) is 56.2 Å². The third kappa shape index (κ3) is 2.97. The van der Waals surface area contributed by atoms with Crippen LogP contribution in [0.15, 0.2) is 54.4 Å². The van der Waals surface area contributed by atoms with Crippen LogP contribution in [0, 0.1) is 63.1 Å². The number of aliphatic hydroxyl groups excluding tert-OH is 2. The van der Waals surface area contributed by atoms with Gasteiger partial charge >= 0.3 is 0 Å². The van der Waals surface area contributed by atoms with E-state index in [-0.39, 0.29) is 28.3 Å². The standard InChI is InChI=1S/C34H47NO2/c1-21-13-28-32(4)29-25(8-11-34(32)30(21)31(34,2)3)5-6-26(20-37)27(29)17-33(28)10-7-22(16-33)14-24(19-36)15-23-9-12-35-18-23/h8-9,11-13,18,22,24-27,29-30,35-37H,1,5-7,10,14-17,19-20H2,2-4H3. The van der Waals surface area contributed by atoms with Crippen molar-refractivity contribution in [3.8, 4) is 0 Å². The Bertz CT molecular complexity index is 1140. The minimum atomic E-state index is 0.162. The molecule has 0 aliphatic heterocycles. The van der Waals surface area contributed by atoms with Crippen molar-refractivity contribution < 1.29 is 10.2 Å². The second kappa shape index (κ2) is 7.98. The molecule has 1 aromatic heterocycles. The summed E-state index contributed by atoms with van der Waals surface area (Å²) in [7, 11) is 0. The van der Waals surface area contributed by atoms with Gasteiger partial charge in [0, 0.05) is 36.4 Å². The molecule has 2 spiro atoms. The molecule has 4 fully saturated rings. The molecule has 3 nitrogen and oxygen atoms in total. The van der Waals surface area contributed by atoms with Crippen molar-refractivity contribution in [1.29, 1.82) is 0 Å². The number of rotatable bonds is 6. The Hall–Kier alpha value is -1.58. The number of hydrogen-bond acceptors (Lipinski definition) is 2. The molecule has 0 aromatic carbocycles. The Kier molecular flexibility index (Phi) is 5.27. The predicted octanol–water partition coefficient (Wildman–Crippen LogP) is 6.71.